The van der Waals surface area contributed by atoms with Gasteiger partial charge in [0.25, 0.3) is 0 Å². The van der Waals surface area contributed by atoms with E-state index in [0.717, 1.165) is 25.2 Å². The molecular weight excluding hydrogens is 282 g/mol. The van der Waals surface area contributed by atoms with Crippen molar-refractivity contribution in [3.05, 3.63) is 12.2 Å². The third-order valence-corrected chi connectivity index (χ3v) is 4.26. The van der Waals surface area contributed by atoms with Crippen molar-refractivity contribution in [2.24, 2.45) is 11.3 Å². The Hall–Kier alpha value is -1.63. The minimum atomic E-state index is -0.467. The van der Waals surface area contributed by atoms with E-state index in [9.17, 15) is 9.90 Å². The zero-order valence-corrected chi connectivity index (χ0v) is 13.8. The second-order valence-electron chi connectivity index (χ2n) is 7.04. The monoisotopic (exact) mass is 309 g/mol. The minimum Gasteiger partial charge on any atom is -0.392 e. The summed E-state index contributed by atoms with van der Waals surface area (Å²) in [5.74, 6) is 0.958. The summed E-state index contributed by atoms with van der Waals surface area (Å²) < 4.78 is 1.83. The molecule has 0 fully saturated rings. The number of carbonyl (C=O) groups excluding carboxylic acids is 1. The molecule has 0 bridgehead atoms. The first-order chi connectivity index (χ1) is 10.3. The van der Waals surface area contributed by atoms with Gasteiger partial charge in [-0.1, -0.05) is 27.7 Å². The number of nitrogens with zero attached hydrogens (tertiary/aromatic N) is 3. The fourth-order valence-corrected chi connectivity index (χ4v) is 2.95. The van der Waals surface area contributed by atoms with E-state index in [0.29, 0.717) is 6.54 Å². The summed E-state index contributed by atoms with van der Waals surface area (Å²) >= 11 is 0. The van der Waals surface area contributed by atoms with Crippen molar-refractivity contribution in [3.63, 3.8) is 0 Å². The number of rotatable bonds is 5. The summed E-state index contributed by atoms with van der Waals surface area (Å²) in [4.78, 5) is 16.3. The van der Waals surface area contributed by atoms with E-state index in [2.05, 4.69) is 20.7 Å². The van der Waals surface area contributed by atoms with E-state index in [1.165, 1.54) is 6.33 Å². The topological polar surface area (TPSA) is 92.1 Å². The summed E-state index contributed by atoms with van der Waals surface area (Å²) in [6.45, 7) is 9.12. The van der Waals surface area contributed by atoms with Crippen LogP contribution in [0.15, 0.2) is 6.33 Å². The number of aryl methyl sites for hydroxylation is 1. The fourth-order valence-electron chi connectivity index (χ4n) is 2.95. The van der Waals surface area contributed by atoms with Crippen molar-refractivity contribution in [1.29, 1.82) is 0 Å². The summed E-state index contributed by atoms with van der Waals surface area (Å²) in [6.07, 6.45) is 2.89. The first-order valence-corrected chi connectivity index (χ1v) is 7.91. The Morgan fingerprint density at radius 3 is 2.95 bits per heavy atom. The van der Waals surface area contributed by atoms with Crippen LogP contribution in [0.25, 0.3) is 0 Å². The first-order valence-electron chi connectivity index (χ1n) is 7.91. The van der Waals surface area contributed by atoms with Crippen LogP contribution in [-0.4, -0.2) is 38.6 Å². The quantitative estimate of drug-likeness (QED) is 0.767. The molecular formula is C15H27N5O2. The van der Waals surface area contributed by atoms with E-state index in [1.807, 2.05) is 32.4 Å². The molecule has 22 heavy (non-hydrogen) atoms. The maximum Gasteiger partial charge on any atom is 0.315 e. The van der Waals surface area contributed by atoms with Crippen molar-refractivity contribution in [2.45, 2.75) is 59.2 Å². The number of aliphatic hydroxyl groups is 1. The lowest BCUT2D eigenvalue weighted by Crippen LogP contribution is -2.47. The van der Waals surface area contributed by atoms with Gasteiger partial charge in [0.1, 0.15) is 12.2 Å². The molecule has 2 amide bonds. The van der Waals surface area contributed by atoms with Crippen molar-refractivity contribution >= 4 is 6.03 Å². The fraction of sp³-hybridized carbons (Fsp3) is 0.800. The van der Waals surface area contributed by atoms with Crippen molar-refractivity contribution in [3.8, 4) is 0 Å². The number of aliphatic hydroxyl groups excluding tert-OH is 1. The van der Waals surface area contributed by atoms with Crippen LogP contribution in [0.1, 0.15) is 52.4 Å². The molecule has 2 heterocycles. The second-order valence-corrected chi connectivity index (χ2v) is 7.04. The predicted octanol–water partition coefficient (Wildman–Crippen LogP) is 1.46. The van der Waals surface area contributed by atoms with Gasteiger partial charge in [-0.05, 0) is 18.8 Å². The number of nitrogens with one attached hydrogen (secondary N) is 2. The van der Waals surface area contributed by atoms with Crippen LogP contribution in [0.3, 0.4) is 0 Å². The highest BCUT2D eigenvalue weighted by molar-refractivity contribution is 5.74. The molecule has 2 atom stereocenters. The number of hydrogen-bond donors (Lipinski definition) is 3. The van der Waals surface area contributed by atoms with E-state index in [4.69, 9.17) is 0 Å². The molecule has 2 unspecified atom stereocenters. The van der Waals surface area contributed by atoms with Crippen LogP contribution < -0.4 is 10.6 Å². The molecule has 0 aromatic carbocycles. The highest BCUT2D eigenvalue weighted by Gasteiger charge is 2.31. The molecule has 7 heteroatoms. The van der Waals surface area contributed by atoms with Gasteiger partial charge in [-0.15, -0.1) is 0 Å². The average Bonchev–Trinajstić information content (AvgIpc) is 2.94. The number of fused-ring (bicyclic) bond motifs is 1. The van der Waals surface area contributed by atoms with E-state index >= 15 is 0 Å². The van der Waals surface area contributed by atoms with Gasteiger partial charge in [0.05, 0.1) is 12.1 Å². The summed E-state index contributed by atoms with van der Waals surface area (Å²) in [6, 6.07) is -0.333. The Bertz CT molecular complexity index is 512. The molecule has 124 valence electrons. The molecule has 1 aromatic heterocycles. The summed E-state index contributed by atoms with van der Waals surface area (Å²) in [7, 11) is 0. The Morgan fingerprint density at radius 2 is 2.27 bits per heavy atom. The van der Waals surface area contributed by atoms with Gasteiger partial charge in [0.15, 0.2) is 0 Å². The smallest absolute Gasteiger partial charge is 0.315 e. The lowest BCUT2D eigenvalue weighted by Gasteiger charge is -2.33. The molecule has 1 aromatic rings. The lowest BCUT2D eigenvalue weighted by molar-refractivity contribution is 0.0151. The highest BCUT2D eigenvalue weighted by Crippen LogP contribution is 2.25. The van der Waals surface area contributed by atoms with E-state index in [-0.39, 0.29) is 23.4 Å². The highest BCUT2D eigenvalue weighted by atomic mass is 16.3. The van der Waals surface area contributed by atoms with E-state index in [1.54, 1.807) is 0 Å². The predicted molar refractivity (Wildman–Crippen MR) is 83.2 cm³/mol. The Balaban J connectivity index is 1.87. The van der Waals surface area contributed by atoms with Gasteiger partial charge in [0, 0.05) is 18.5 Å². The molecule has 2 rings (SSSR count). The largest absolute Gasteiger partial charge is 0.392 e. The van der Waals surface area contributed by atoms with Gasteiger partial charge < -0.3 is 15.7 Å². The molecule has 0 radical (unpaired) electrons. The first kappa shape index (κ1) is 16.7. The zero-order valence-electron chi connectivity index (χ0n) is 13.8. The Kier molecular flexibility index (Phi) is 5.05. The minimum absolute atomic E-state index is 0.102. The average molecular weight is 309 g/mol. The third kappa shape index (κ3) is 3.76. The van der Waals surface area contributed by atoms with Crippen LogP contribution in [0, 0.1) is 11.3 Å². The van der Waals surface area contributed by atoms with Gasteiger partial charge >= 0.3 is 6.03 Å². The second kappa shape index (κ2) is 6.64. The SMILES string of the molecule is CC(C)C(O)C(C)(C)CNC(=O)NC1CCCn2ncnc21. The lowest BCUT2D eigenvalue weighted by atomic mass is 9.81. The van der Waals surface area contributed by atoms with Crippen LogP contribution in [-0.2, 0) is 6.54 Å². The molecule has 1 aliphatic rings. The van der Waals surface area contributed by atoms with Crippen LogP contribution >= 0.6 is 0 Å². The number of carbonyl (C=O) groups is 1. The van der Waals surface area contributed by atoms with Crippen LogP contribution in [0.5, 0.6) is 0 Å². The maximum atomic E-state index is 12.1. The molecule has 0 aliphatic carbocycles. The third-order valence-electron chi connectivity index (χ3n) is 4.26. The molecule has 0 spiro atoms. The maximum absolute atomic E-state index is 12.1. The molecule has 1 aliphatic heterocycles. The summed E-state index contributed by atoms with van der Waals surface area (Å²) in [5, 5.41) is 20.1. The molecule has 3 N–H and O–H groups in total. The van der Waals surface area contributed by atoms with Crippen molar-refractivity contribution < 1.29 is 9.90 Å². The normalized spacial score (nSPS) is 19.6. The van der Waals surface area contributed by atoms with Crippen molar-refractivity contribution in [2.75, 3.05) is 6.54 Å². The van der Waals surface area contributed by atoms with Crippen LogP contribution in [0.4, 0.5) is 4.79 Å². The Labute approximate surface area is 131 Å². The Morgan fingerprint density at radius 1 is 1.55 bits per heavy atom. The van der Waals surface area contributed by atoms with Crippen LogP contribution in [0.2, 0.25) is 0 Å². The molecule has 0 saturated heterocycles. The molecule has 0 saturated carbocycles. The number of urea groups is 1. The van der Waals surface area contributed by atoms with Crippen molar-refractivity contribution in [1.82, 2.24) is 25.4 Å². The zero-order chi connectivity index (χ0) is 16.3. The standard InChI is InChI=1S/C15H27N5O2/c1-10(2)12(21)15(3,4)8-16-14(22)19-11-6-5-7-20-13(11)17-9-18-20/h9-12,21H,5-8H2,1-4H3,(H2,16,19,22). The van der Waals surface area contributed by atoms with Gasteiger partial charge in [-0.2, -0.15) is 5.10 Å². The number of hydrogen-bond acceptors (Lipinski definition) is 4. The van der Waals surface area contributed by atoms with Gasteiger partial charge in [-0.3, -0.25) is 0 Å². The molecule has 7 nitrogen and oxygen atoms in total. The summed E-state index contributed by atoms with van der Waals surface area (Å²) in [5.41, 5.74) is -0.377. The van der Waals surface area contributed by atoms with E-state index < -0.39 is 6.10 Å². The number of amides is 2. The number of aromatic nitrogens is 3. The van der Waals surface area contributed by atoms with Gasteiger partial charge in [0.2, 0.25) is 0 Å². The van der Waals surface area contributed by atoms with Gasteiger partial charge in [-0.25, -0.2) is 14.5 Å².